The zero-order valence-electron chi connectivity index (χ0n) is 8.15. The van der Waals surface area contributed by atoms with E-state index in [4.69, 9.17) is 5.11 Å². The highest BCUT2D eigenvalue weighted by molar-refractivity contribution is 4.94. The van der Waals surface area contributed by atoms with Gasteiger partial charge >= 0.3 is 6.18 Å². The van der Waals surface area contributed by atoms with Gasteiger partial charge in [0.25, 0.3) is 0 Å². The lowest BCUT2D eigenvalue weighted by atomic mass is 10.0. The van der Waals surface area contributed by atoms with Gasteiger partial charge in [-0.25, -0.2) is 0 Å². The largest absolute Gasteiger partial charge is 0.418 e. The Bertz CT molecular complexity index is 160. The lowest BCUT2D eigenvalue weighted by molar-refractivity contribution is -0.253. The van der Waals surface area contributed by atoms with E-state index in [0.717, 1.165) is 0 Å². The maximum atomic E-state index is 12.0. The van der Waals surface area contributed by atoms with E-state index in [1.54, 1.807) is 7.05 Å². The summed E-state index contributed by atoms with van der Waals surface area (Å²) in [5, 5.41) is 9.03. The maximum Gasteiger partial charge on any atom is 0.418 e. The lowest BCUT2D eigenvalue weighted by Crippen LogP contribution is -2.46. The van der Waals surface area contributed by atoms with Crippen molar-refractivity contribution in [2.45, 2.75) is 32.0 Å². The molecule has 5 heteroatoms. The van der Waals surface area contributed by atoms with Crippen LogP contribution in [0.15, 0.2) is 0 Å². The van der Waals surface area contributed by atoms with Crippen molar-refractivity contribution in [2.24, 2.45) is 0 Å². The highest BCUT2D eigenvalue weighted by atomic mass is 19.4. The van der Waals surface area contributed by atoms with Crippen molar-refractivity contribution < 1.29 is 18.3 Å². The van der Waals surface area contributed by atoms with Crippen LogP contribution in [0.3, 0.4) is 0 Å². The second kappa shape index (κ2) is 4.28. The third-order valence-electron chi connectivity index (χ3n) is 1.97. The van der Waals surface area contributed by atoms with Gasteiger partial charge in [-0.3, -0.25) is 0 Å². The summed E-state index contributed by atoms with van der Waals surface area (Å²) >= 11 is 0. The Morgan fingerprint density at radius 1 is 1.31 bits per heavy atom. The molecule has 13 heavy (non-hydrogen) atoms. The Kier molecular flexibility index (Phi) is 4.19. The van der Waals surface area contributed by atoms with Crippen LogP contribution >= 0.6 is 0 Å². The summed E-state index contributed by atoms with van der Waals surface area (Å²) in [7, 11) is 1.56. The number of hydrogen-bond acceptors (Lipinski definition) is 2. The van der Waals surface area contributed by atoms with E-state index in [9.17, 15) is 13.2 Å². The summed E-state index contributed by atoms with van der Waals surface area (Å²) < 4.78 is 36.1. The van der Waals surface area contributed by atoms with Crippen LogP contribution in [0.25, 0.3) is 0 Å². The van der Waals surface area contributed by atoms with Gasteiger partial charge in [-0.2, -0.15) is 13.2 Å². The number of β-amino-alcohol motifs (C(OH)–C–C–N with tert-alkyl or cyclic N) is 1. The Morgan fingerprint density at radius 2 is 1.77 bits per heavy atom. The lowest BCUT2D eigenvalue weighted by Gasteiger charge is -2.25. The third kappa shape index (κ3) is 2.84. The average Bonchev–Trinajstić information content (AvgIpc) is 2.35. The zero-order valence-corrected chi connectivity index (χ0v) is 8.15. The first-order valence-corrected chi connectivity index (χ1v) is 4.33. The van der Waals surface area contributed by atoms with Gasteiger partial charge in [-0.05, 0) is 13.5 Å². The fraction of sp³-hybridized carbons (Fsp3) is 1.00. The number of halogens is 3. The fourth-order valence-electron chi connectivity index (χ4n) is 1.21. The minimum absolute atomic E-state index is 0.215. The highest BCUT2D eigenvalue weighted by Crippen LogP contribution is 2.36. The van der Waals surface area contributed by atoms with Gasteiger partial charge in [-0.15, -0.1) is 0 Å². The molecule has 1 fully saturated rings. The van der Waals surface area contributed by atoms with E-state index in [1.165, 1.54) is 4.90 Å². The molecule has 0 aromatic carbocycles. The quantitative estimate of drug-likeness (QED) is 0.641. The normalized spacial score (nSPS) is 29.8. The molecule has 0 radical (unpaired) electrons. The van der Waals surface area contributed by atoms with E-state index in [0.29, 0.717) is 6.54 Å². The van der Waals surface area contributed by atoms with Gasteiger partial charge in [0.2, 0.25) is 0 Å². The molecule has 0 spiro atoms. The van der Waals surface area contributed by atoms with Gasteiger partial charge in [0, 0.05) is 13.1 Å². The van der Waals surface area contributed by atoms with Crippen molar-refractivity contribution in [3.8, 4) is 0 Å². The molecule has 1 unspecified atom stereocenters. The van der Waals surface area contributed by atoms with Gasteiger partial charge < -0.3 is 10.0 Å². The van der Waals surface area contributed by atoms with Crippen molar-refractivity contribution in [2.75, 3.05) is 20.1 Å². The predicted octanol–water partition coefficient (Wildman–Crippen LogP) is 1.64. The molecular formula is C8H16F3NO. The molecule has 0 amide bonds. The number of rotatable bonds is 0. The van der Waals surface area contributed by atoms with Crippen molar-refractivity contribution >= 4 is 0 Å². The van der Waals surface area contributed by atoms with Crippen LogP contribution in [0.2, 0.25) is 0 Å². The zero-order chi connectivity index (χ0) is 10.7. The van der Waals surface area contributed by atoms with Gasteiger partial charge in [0.15, 0.2) is 5.60 Å². The highest BCUT2D eigenvalue weighted by Gasteiger charge is 2.56. The van der Waals surface area contributed by atoms with E-state index in [2.05, 4.69) is 0 Å². The molecule has 80 valence electrons. The predicted molar refractivity (Wildman–Crippen MR) is 44.5 cm³/mol. The molecule has 0 aromatic heterocycles. The molecule has 0 aromatic rings. The molecule has 1 aliphatic heterocycles. The van der Waals surface area contributed by atoms with Crippen molar-refractivity contribution in [3.63, 3.8) is 0 Å². The number of likely N-dealkylation sites (N-methyl/N-ethyl adjacent to an activating group) is 1. The summed E-state index contributed by atoms with van der Waals surface area (Å²) in [5.74, 6) is 0. The van der Waals surface area contributed by atoms with E-state index in [1.807, 2.05) is 13.8 Å². The SMILES string of the molecule is CC.CN1CCC(O)(C(F)(F)F)C1. The number of aliphatic hydroxyl groups is 1. The molecule has 2 nitrogen and oxygen atoms in total. The number of hydrogen-bond donors (Lipinski definition) is 1. The summed E-state index contributed by atoms with van der Waals surface area (Å²) in [5.41, 5.74) is -2.47. The number of likely N-dealkylation sites (tertiary alicyclic amines) is 1. The molecule has 1 atom stereocenters. The minimum Gasteiger partial charge on any atom is -0.379 e. The summed E-state index contributed by atoms with van der Waals surface area (Å²) in [6.45, 7) is 3.99. The van der Waals surface area contributed by atoms with Crippen LogP contribution < -0.4 is 0 Å². The van der Waals surface area contributed by atoms with Gasteiger partial charge in [0.05, 0.1) is 0 Å². The first-order chi connectivity index (χ1) is 5.85. The van der Waals surface area contributed by atoms with Crippen molar-refractivity contribution in [3.05, 3.63) is 0 Å². The second-order valence-electron chi connectivity index (χ2n) is 3.02. The summed E-state index contributed by atoms with van der Waals surface area (Å²) in [4.78, 5) is 1.47. The van der Waals surface area contributed by atoms with Gasteiger partial charge in [-0.1, -0.05) is 13.8 Å². The fourth-order valence-corrected chi connectivity index (χ4v) is 1.21. The number of alkyl halides is 3. The molecule has 1 saturated heterocycles. The minimum atomic E-state index is -4.49. The third-order valence-corrected chi connectivity index (χ3v) is 1.97. The topological polar surface area (TPSA) is 23.5 Å². The molecule has 1 N–H and O–H groups in total. The summed E-state index contributed by atoms with van der Waals surface area (Å²) in [6.07, 6.45) is -4.70. The second-order valence-corrected chi connectivity index (χ2v) is 3.02. The average molecular weight is 199 g/mol. The van der Waals surface area contributed by atoms with E-state index < -0.39 is 11.8 Å². The van der Waals surface area contributed by atoms with Crippen molar-refractivity contribution in [1.29, 1.82) is 0 Å². The first-order valence-electron chi connectivity index (χ1n) is 4.33. The number of nitrogens with zero attached hydrogens (tertiary/aromatic N) is 1. The molecule has 0 bridgehead atoms. The van der Waals surface area contributed by atoms with Crippen LogP contribution in [0.5, 0.6) is 0 Å². The first kappa shape index (κ1) is 12.7. The Labute approximate surface area is 76.3 Å². The molecule has 1 aliphatic rings. The Balaban J connectivity index is 0.000000671. The van der Waals surface area contributed by atoms with Crippen LogP contribution in [0.4, 0.5) is 13.2 Å². The van der Waals surface area contributed by atoms with E-state index in [-0.39, 0.29) is 13.0 Å². The van der Waals surface area contributed by atoms with Crippen LogP contribution in [-0.2, 0) is 0 Å². The van der Waals surface area contributed by atoms with Gasteiger partial charge in [0.1, 0.15) is 0 Å². The smallest absolute Gasteiger partial charge is 0.379 e. The van der Waals surface area contributed by atoms with Crippen LogP contribution in [0, 0.1) is 0 Å². The molecule has 0 saturated carbocycles. The monoisotopic (exact) mass is 199 g/mol. The van der Waals surface area contributed by atoms with Crippen LogP contribution in [0.1, 0.15) is 20.3 Å². The molecule has 0 aliphatic carbocycles. The van der Waals surface area contributed by atoms with Crippen molar-refractivity contribution in [1.82, 2.24) is 4.90 Å². The molecule has 1 heterocycles. The summed E-state index contributed by atoms with van der Waals surface area (Å²) in [6, 6.07) is 0. The van der Waals surface area contributed by atoms with E-state index >= 15 is 0 Å². The van der Waals surface area contributed by atoms with Crippen LogP contribution in [-0.4, -0.2) is 41.9 Å². The maximum absolute atomic E-state index is 12.0. The molecular weight excluding hydrogens is 183 g/mol. The Hall–Kier alpha value is -0.290. The standard InChI is InChI=1S/C6H10F3NO.C2H6/c1-10-3-2-5(11,4-10)6(7,8)9;1-2/h11H,2-4H2,1H3;1-2H3. The Morgan fingerprint density at radius 3 is 1.92 bits per heavy atom. The molecule has 1 rings (SSSR count).